The van der Waals surface area contributed by atoms with Gasteiger partial charge in [-0.3, -0.25) is 10.1 Å². The molecule has 0 bridgehead atoms. The molecule has 184 valence electrons. The van der Waals surface area contributed by atoms with Crippen molar-refractivity contribution in [2.24, 2.45) is 0 Å². The summed E-state index contributed by atoms with van der Waals surface area (Å²) in [5.41, 5.74) is -1.37. The third-order valence-electron chi connectivity index (χ3n) is 5.55. The lowest BCUT2D eigenvalue weighted by atomic mass is 10.1. The number of anilines is 3. The first-order chi connectivity index (χ1) is 16.6. The van der Waals surface area contributed by atoms with Gasteiger partial charge in [0.2, 0.25) is 11.6 Å². The lowest BCUT2D eigenvalue weighted by molar-refractivity contribution is -0.383. The van der Waals surface area contributed by atoms with Gasteiger partial charge in [0.05, 0.1) is 16.2 Å². The molecule has 0 unspecified atom stereocenters. The smallest absolute Gasteiger partial charge is 0.366 e. The van der Waals surface area contributed by atoms with Crippen molar-refractivity contribution in [1.29, 1.82) is 0 Å². The molecule has 13 heteroatoms. The Bertz CT molecular complexity index is 1230. The highest BCUT2D eigenvalue weighted by Crippen LogP contribution is 2.34. The number of halogens is 5. The molecule has 0 spiro atoms. The minimum Gasteiger partial charge on any atom is -0.366 e. The summed E-state index contributed by atoms with van der Waals surface area (Å²) in [4.78, 5) is 22.6. The number of aromatic nitrogens is 2. The van der Waals surface area contributed by atoms with Crippen molar-refractivity contribution in [2.45, 2.75) is 12.7 Å². The van der Waals surface area contributed by atoms with Crippen molar-refractivity contribution in [1.82, 2.24) is 9.97 Å². The van der Waals surface area contributed by atoms with Crippen molar-refractivity contribution in [3.05, 3.63) is 81.7 Å². The second-order valence-corrected chi connectivity index (χ2v) is 7.74. The number of alkyl halides is 3. The summed E-state index contributed by atoms with van der Waals surface area (Å²) in [6.07, 6.45) is -3.77. The molecule has 2 heterocycles. The maximum absolute atomic E-state index is 14.1. The van der Waals surface area contributed by atoms with E-state index in [0.29, 0.717) is 44.0 Å². The zero-order chi connectivity index (χ0) is 25.2. The Morgan fingerprint density at radius 2 is 1.66 bits per heavy atom. The summed E-state index contributed by atoms with van der Waals surface area (Å²) in [5, 5.41) is 14.5. The summed E-state index contributed by atoms with van der Waals surface area (Å²) in [6, 6.07) is 8.79. The average molecular weight is 494 g/mol. The number of hydrogen-bond acceptors (Lipinski definition) is 7. The van der Waals surface area contributed by atoms with Crippen LogP contribution in [0.4, 0.5) is 45.0 Å². The Labute approximate surface area is 196 Å². The minimum atomic E-state index is -4.88. The monoisotopic (exact) mass is 494 g/mol. The average Bonchev–Trinajstić information content (AvgIpc) is 2.83. The molecule has 0 amide bonds. The molecule has 1 aromatic heterocycles. The summed E-state index contributed by atoms with van der Waals surface area (Å²) in [6.45, 7) is 1.15. The summed E-state index contributed by atoms with van der Waals surface area (Å²) < 4.78 is 66.6. The van der Waals surface area contributed by atoms with Gasteiger partial charge in [-0.05, 0) is 29.8 Å². The van der Waals surface area contributed by atoms with E-state index in [1.807, 2.05) is 4.90 Å². The molecule has 4 rings (SSSR count). The van der Waals surface area contributed by atoms with Gasteiger partial charge >= 0.3 is 11.9 Å². The number of benzene rings is 2. The van der Waals surface area contributed by atoms with Crippen molar-refractivity contribution < 1.29 is 26.9 Å². The van der Waals surface area contributed by atoms with Gasteiger partial charge in [-0.2, -0.15) is 13.2 Å². The van der Waals surface area contributed by atoms with Crippen molar-refractivity contribution in [3.8, 4) is 0 Å². The number of hydrogen-bond donors (Lipinski definition) is 1. The van der Waals surface area contributed by atoms with Crippen molar-refractivity contribution in [3.63, 3.8) is 0 Å². The van der Waals surface area contributed by atoms with Gasteiger partial charge in [-0.25, -0.2) is 18.7 Å². The highest BCUT2D eigenvalue weighted by molar-refractivity contribution is 5.70. The van der Waals surface area contributed by atoms with Gasteiger partial charge in [0, 0.05) is 32.7 Å². The Hall–Kier alpha value is -4.03. The van der Waals surface area contributed by atoms with E-state index >= 15 is 0 Å². The molecule has 8 nitrogen and oxygen atoms in total. The number of para-hydroxylation sites is 1. The zero-order valence-corrected chi connectivity index (χ0v) is 18.1. The quantitative estimate of drug-likeness (QED) is 0.304. The first kappa shape index (κ1) is 24.1. The summed E-state index contributed by atoms with van der Waals surface area (Å²) in [5.74, 6) is -1.92. The molecular formula is C22H19F5N6O2. The molecule has 1 saturated heterocycles. The number of piperazine rings is 1. The second-order valence-electron chi connectivity index (χ2n) is 7.74. The summed E-state index contributed by atoms with van der Waals surface area (Å²) in [7, 11) is 0. The van der Waals surface area contributed by atoms with Crippen LogP contribution in [-0.4, -0.2) is 41.1 Å². The number of nitro groups is 1. The first-order valence-corrected chi connectivity index (χ1v) is 10.5. The van der Waals surface area contributed by atoms with E-state index in [1.54, 1.807) is 23.1 Å². The van der Waals surface area contributed by atoms with Crippen LogP contribution in [0.1, 0.15) is 11.1 Å². The predicted molar refractivity (Wildman–Crippen MR) is 118 cm³/mol. The van der Waals surface area contributed by atoms with Crippen LogP contribution >= 0.6 is 0 Å². The normalized spacial score (nSPS) is 14.2. The minimum absolute atomic E-state index is 0.0378. The Morgan fingerprint density at radius 1 is 0.971 bits per heavy atom. The van der Waals surface area contributed by atoms with Crippen LogP contribution in [-0.2, 0) is 12.7 Å². The Balaban J connectivity index is 1.52. The molecular weight excluding hydrogens is 475 g/mol. The summed E-state index contributed by atoms with van der Waals surface area (Å²) >= 11 is 0. The molecule has 1 N–H and O–H groups in total. The third kappa shape index (κ3) is 5.23. The van der Waals surface area contributed by atoms with E-state index < -0.39 is 28.2 Å². The van der Waals surface area contributed by atoms with Crippen LogP contribution in [0.3, 0.4) is 0 Å². The second kappa shape index (κ2) is 9.68. The van der Waals surface area contributed by atoms with E-state index in [0.717, 1.165) is 12.4 Å². The van der Waals surface area contributed by atoms with Crippen LogP contribution in [0.15, 0.2) is 48.8 Å². The van der Waals surface area contributed by atoms with Crippen LogP contribution in [0.2, 0.25) is 0 Å². The maximum atomic E-state index is 14.1. The molecule has 3 aromatic rings. The van der Waals surface area contributed by atoms with E-state index in [-0.39, 0.29) is 29.6 Å². The lowest BCUT2D eigenvalue weighted by Crippen LogP contribution is -2.47. The Morgan fingerprint density at radius 3 is 2.31 bits per heavy atom. The van der Waals surface area contributed by atoms with Gasteiger partial charge in [-0.1, -0.05) is 18.2 Å². The molecule has 2 aromatic carbocycles. The Kier molecular flexibility index (Phi) is 6.67. The third-order valence-corrected chi connectivity index (χ3v) is 5.55. The van der Waals surface area contributed by atoms with Crippen LogP contribution < -0.4 is 15.1 Å². The fourth-order valence-electron chi connectivity index (χ4n) is 3.85. The predicted octanol–water partition coefficient (Wildman–Crippen LogP) is 4.62. The van der Waals surface area contributed by atoms with Gasteiger partial charge in [-0.15, -0.1) is 0 Å². The molecule has 0 saturated carbocycles. The lowest BCUT2D eigenvalue weighted by Gasteiger charge is -2.36. The molecule has 0 radical (unpaired) electrons. The topological polar surface area (TPSA) is 87.4 Å². The highest BCUT2D eigenvalue weighted by atomic mass is 19.4. The van der Waals surface area contributed by atoms with Gasteiger partial charge < -0.3 is 15.1 Å². The SMILES string of the molecule is O=[N+]([O-])c1c(NCc2ccc(F)c(C(F)(F)F)c2)ncnc1N1CCN(c2ccccc2F)CC1. The highest BCUT2D eigenvalue weighted by Gasteiger charge is 2.34. The van der Waals surface area contributed by atoms with Crippen LogP contribution in [0.5, 0.6) is 0 Å². The van der Waals surface area contributed by atoms with Gasteiger partial charge in [0.1, 0.15) is 18.0 Å². The van der Waals surface area contributed by atoms with Crippen molar-refractivity contribution in [2.75, 3.05) is 41.3 Å². The number of nitrogens with zero attached hydrogens (tertiary/aromatic N) is 5. The molecule has 35 heavy (non-hydrogen) atoms. The number of nitrogens with one attached hydrogen (secondary N) is 1. The molecule has 1 aliphatic heterocycles. The van der Waals surface area contributed by atoms with E-state index in [4.69, 9.17) is 0 Å². The van der Waals surface area contributed by atoms with Gasteiger partial charge in [0.25, 0.3) is 0 Å². The van der Waals surface area contributed by atoms with E-state index in [9.17, 15) is 32.1 Å². The molecule has 0 atom stereocenters. The van der Waals surface area contributed by atoms with Crippen LogP contribution in [0.25, 0.3) is 0 Å². The first-order valence-electron chi connectivity index (χ1n) is 10.5. The van der Waals surface area contributed by atoms with Gasteiger partial charge in [0.15, 0.2) is 0 Å². The largest absolute Gasteiger partial charge is 0.419 e. The molecule has 1 fully saturated rings. The maximum Gasteiger partial charge on any atom is 0.419 e. The molecule has 1 aliphatic rings. The van der Waals surface area contributed by atoms with E-state index in [1.165, 1.54) is 6.07 Å². The fourth-order valence-corrected chi connectivity index (χ4v) is 3.85. The fraction of sp³-hybridized carbons (Fsp3) is 0.273. The van der Waals surface area contributed by atoms with Crippen LogP contribution in [0, 0.1) is 21.7 Å². The van der Waals surface area contributed by atoms with Crippen molar-refractivity contribution >= 4 is 23.0 Å². The van der Waals surface area contributed by atoms with E-state index in [2.05, 4.69) is 15.3 Å². The molecule has 0 aliphatic carbocycles. The zero-order valence-electron chi connectivity index (χ0n) is 18.1. The standard InChI is InChI=1S/C22H19F5N6O2/c23-16-6-5-14(11-15(16)22(25,26)27)12-28-20-19(33(34)35)21(30-13-29-20)32-9-7-31(8-10-32)18-4-2-1-3-17(18)24/h1-6,11,13H,7-10,12H2,(H,28,29,30). The number of rotatable bonds is 6.